The minimum absolute atomic E-state index is 0.0576. The highest BCUT2D eigenvalue weighted by atomic mass is 32.1. The Labute approximate surface area is 132 Å². The van der Waals surface area contributed by atoms with Crippen LogP contribution in [0.15, 0.2) is 30.3 Å². The van der Waals surface area contributed by atoms with E-state index in [-0.39, 0.29) is 11.8 Å². The van der Waals surface area contributed by atoms with Gasteiger partial charge in [0, 0.05) is 17.8 Å². The molecular formula is C16H18N2O3S. The fourth-order valence-corrected chi connectivity index (χ4v) is 3.45. The third-order valence-corrected chi connectivity index (χ3v) is 4.80. The fourth-order valence-electron chi connectivity index (χ4n) is 2.48. The molecule has 1 fully saturated rings. The number of thiophene rings is 1. The topological polar surface area (TPSA) is 58.6 Å². The Bertz CT molecular complexity index is 659. The first-order valence-electron chi connectivity index (χ1n) is 7.31. The number of hydrogen-bond donors (Lipinski definition) is 1. The lowest BCUT2D eigenvalue weighted by Crippen LogP contribution is -2.50. The van der Waals surface area contributed by atoms with Crippen molar-refractivity contribution in [3.8, 4) is 0 Å². The molecule has 1 N–H and O–H groups in total. The zero-order chi connectivity index (χ0) is 15.5. The van der Waals surface area contributed by atoms with E-state index in [4.69, 9.17) is 4.74 Å². The molecule has 5 nitrogen and oxygen atoms in total. The van der Waals surface area contributed by atoms with Crippen molar-refractivity contribution >= 4 is 33.2 Å². The van der Waals surface area contributed by atoms with Gasteiger partial charge in [-0.25, -0.2) is 0 Å². The van der Waals surface area contributed by atoms with Crippen LogP contribution in [-0.2, 0) is 9.53 Å². The number of amides is 2. The van der Waals surface area contributed by atoms with E-state index in [0.717, 1.165) is 10.1 Å². The molecule has 22 heavy (non-hydrogen) atoms. The van der Waals surface area contributed by atoms with E-state index in [1.807, 2.05) is 30.3 Å². The third-order valence-electron chi connectivity index (χ3n) is 3.69. The lowest BCUT2D eigenvalue weighted by molar-refractivity contribution is -0.136. The number of ether oxygens (including phenoxy) is 1. The summed E-state index contributed by atoms with van der Waals surface area (Å²) in [4.78, 5) is 27.0. The molecule has 3 rings (SSSR count). The number of nitrogens with one attached hydrogen (secondary N) is 1. The molecule has 2 heterocycles. The van der Waals surface area contributed by atoms with Crippen LogP contribution >= 0.6 is 11.3 Å². The Kier molecular flexibility index (Phi) is 4.40. The number of benzene rings is 1. The Balaban J connectivity index is 1.66. The summed E-state index contributed by atoms with van der Waals surface area (Å²) in [6.07, 6.45) is 0. The van der Waals surface area contributed by atoms with Crippen molar-refractivity contribution in [3.63, 3.8) is 0 Å². The summed E-state index contributed by atoms with van der Waals surface area (Å²) in [5.41, 5.74) is 0. The maximum absolute atomic E-state index is 12.3. The lowest BCUT2D eigenvalue weighted by atomic mass is 10.2. The van der Waals surface area contributed by atoms with Crippen molar-refractivity contribution in [2.45, 2.75) is 13.0 Å². The first-order chi connectivity index (χ1) is 10.6. The van der Waals surface area contributed by atoms with E-state index in [1.165, 1.54) is 11.3 Å². The van der Waals surface area contributed by atoms with Gasteiger partial charge in [0.2, 0.25) is 5.91 Å². The molecule has 1 aromatic heterocycles. The highest BCUT2D eigenvalue weighted by Gasteiger charge is 2.24. The second kappa shape index (κ2) is 6.46. The van der Waals surface area contributed by atoms with Gasteiger partial charge in [-0.1, -0.05) is 18.2 Å². The number of rotatable bonds is 3. The summed E-state index contributed by atoms with van der Waals surface area (Å²) < 4.78 is 6.30. The second-order valence-electron chi connectivity index (χ2n) is 5.28. The van der Waals surface area contributed by atoms with Gasteiger partial charge in [-0.2, -0.15) is 0 Å². The monoisotopic (exact) mass is 318 g/mol. The number of nitrogens with zero attached hydrogens (tertiary/aromatic N) is 1. The minimum Gasteiger partial charge on any atom is -0.378 e. The molecule has 1 aliphatic rings. The van der Waals surface area contributed by atoms with Crippen LogP contribution in [0.25, 0.3) is 10.1 Å². The van der Waals surface area contributed by atoms with Crippen molar-refractivity contribution in [2.75, 3.05) is 26.3 Å². The number of carbonyl (C=O) groups is 2. The standard InChI is InChI=1S/C16H18N2O3S/c1-11(16(20)18-6-8-21-9-7-18)17-15(19)14-10-12-4-2-3-5-13(12)22-14/h2-5,10-11H,6-9H2,1H3,(H,17,19). The number of carbonyl (C=O) groups excluding carboxylic acids is 2. The van der Waals surface area contributed by atoms with Crippen molar-refractivity contribution in [1.82, 2.24) is 10.2 Å². The van der Waals surface area contributed by atoms with Crippen LogP contribution in [0.3, 0.4) is 0 Å². The van der Waals surface area contributed by atoms with Gasteiger partial charge in [-0.3, -0.25) is 9.59 Å². The number of fused-ring (bicyclic) bond motifs is 1. The molecule has 0 aliphatic carbocycles. The van der Waals surface area contributed by atoms with Gasteiger partial charge in [0.1, 0.15) is 6.04 Å². The summed E-state index contributed by atoms with van der Waals surface area (Å²) in [7, 11) is 0. The molecule has 6 heteroatoms. The molecule has 116 valence electrons. The molecule has 0 bridgehead atoms. The average Bonchev–Trinajstić information content (AvgIpc) is 2.99. The van der Waals surface area contributed by atoms with Gasteiger partial charge in [-0.15, -0.1) is 11.3 Å². The molecule has 1 unspecified atom stereocenters. The summed E-state index contributed by atoms with van der Waals surface area (Å²) in [6, 6.07) is 9.19. The Hall–Kier alpha value is -1.92. The molecule has 2 amide bonds. The Morgan fingerprint density at radius 2 is 2.00 bits per heavy atom. The molecule has 1 saturated heterocycles. The van der Waals surface area contributed by atoms with Crippen LogP contribution in [0.2, 0.25) is 0 Å². The summed E-state index contributed by atoms with van der Waals surface area (Å²) in [5.74, 6) is -0.256. The average molecular weight is 318 g/mol. The van der Waals surface area contributed by atoms with Gasteiger partial charge >= 0.3 is 0 Å². The van der Waals surface area contributed by atoms with Gasteiger partial charge in [0.15, 0.2) is 0 Å². The molecule has 0 spiro atoms. The van der Waals surface area contributed by atoms with E-state index in [9.17, 15) is 9.59 Å². The molecule has 1 aromatic carbocycles. The Morgan fingerprint density at radius 3 is 2.73 bits per heavy atom. The highest BCUT2D eigenvalue weighted by Crippen LogP contribution is 2.25. The van der Waals surface area contributed by atoms with E-state index >= 15 is 0 Å². The van der Waals surface area contributed by atoms with Gasteiger partial charge < -0.3 is 15.0 Å². The van der Waals surface area contributed by atoms with Crippen molar-refractivity contribution in [2.24, 2.45) is 0 Å². The molecule has 0 radical (unpaired) electrons. The van der Waals surface area contributed by atoms with Crippen molar-refractivity contribution in [3.05, 3.63) is 35.2 Å². The zero-order valence-corrected chi connectivity index (χ0v) is 13.2. The van der Waals surface area contributed by atoms with Crippen LogP contribution in [0.4, 0.5) is 0 Å². The SMILES string of the molecule is CC(NC(=O)c1cc2ccccc2s1)C(=O)N1CCOCC1. The van der Waals surface area contributed by atoms with Crippen LogP contribution in [-0.4, -0.2) is 49.1 Å². The van der Waals surface area contributed by atoms with E-state index < -0.39 is 6.04 Å². The lowest BCUT2D eigenvalue weighted by Gasteiger charge is -2.29. The van der Waals surface area contributed by atoms with Crippen LogP contribution in [0.5, 0.6) is 0 Å². The quantitative estimate of drug-likeness (QED) is 0.940. The predicted molar refractivity (Wildman–Crippen MR) is 86.2 cm³/mol. The molecule has 1 aliphatic heterocycles. The number of morpholine rings is 1. The third kappa shape index (κ3) is 3.13. The number of hydrogen-bond acceptors (Lipinski definition) is 4. The molecule has 2 aromatic rings. The van der Waals surface area contributed by atoms with E-state index in [1.54, 1.807) is 11.8 Å². The molecule has 0 saturated carbocycles. The summed E-state index contributed by atoms with van der Waals surface area (Å²) in [6.45, 7) is 4.01. The van der Waals surface area contributed by atoms with Crippen LogP contribution in [0.1, 0.15) is 16.6 Å². The summed E-state index contributed by atoms with van der Waals surface area (Å²) >= 11 is 1.44. The highest BCUT2D eigenvalue weighted by molar-refractivity contribution is 7.20. The first-order valence-corrected chi connectivity index (χ1v) is 8.13. The fraction of sp³-hybridized carbons (Fsp3) is 0.375. The van der Waals surface area contributed by atoms with E-state index in [2.05, 4.69) is 5.32 Å². The van der Waals surface area contributed by atoms with Gasteiger partial charge in [0.25, 0.3) is 5.91 Å². The van der Waals surface area contributed by atoms with E-state index in [0.29, 0.717) is 31.2 Å². The van der Waals surface area contributed by atoms with Crippen molar-refractivity contribution < 1.29 is 14.3 Å². The van der Waals surface area contributed by atoms with Crippen LogP contribution in [0, 0.1) is 0 Å². The largest absolute Gasteiger partial charge is 0.378 e. The Morgan fingerprint density at radius 1 is 1.27 bits per heavy atom. The molecule has 1 atom stereocenters. The van der Waals surface area contributed by atoms with Crippen molar-refractivity contribution in [1.29, 1.82) is 0 Å². The minimum atomic E-state index is -0.532. The maximum atomic E-state index is 12.3. The zero-order valence-electron chi connectivity index (χ0n) is 12.4. The van der Waals surface area contributed by atoms with Crippen LogP contribution < -0.4 is 5.32 Å². The second-order valence-corrected chi connectivity index (χ2v) is 6.37. The predicted octanol–water partition coefficient (Wildman–Crippen LogP) is 1.88. The first kappa shape index (κ1) is 15.0. The van der Waals surface area contributed by atoms with Gasteiger partial charge in [-0.05, 0) is 24.4 Å². The maximum Gasteiger partial charge on any atom is 0.262 e. The van der Waals surface area contributed by atoms with Gasteiger partial charge in [0.05, 0.1) is 18.1 Å². The normalized spacial score (nSPS) is 16.5. The molecular weight excluding hydrogens is 300 g/mol. The smallest absolute Gasteiger partial charge is 0.262 e. The summed E-state index contributed by atoms with van der Waals surface area (Å²) in [5, 5.41) is 3.84.